The van der Waals surface area contributed by atoms with Gasteiger partial charge in [-0.25, -0.2) is 4.68 Å². The lowest BCUT2D eigenvalue weighted by atomic mass is 10.0. The van der Waals surface area contributed by atoms with Crippen LogP contribution < -0.4 is 11.1 Å². The van der Waals surface area contributed by atoms with Crippen LogP contribution in [-0.4, -0.2) is 28.3 Å². The number of rotatable bonds is 4. The number of hydrogen-bond donors (Lipinski definition) is 2. The number of aromatic nitrogens is 2. The molecule has 1 saturated carbocycles. The Morgan fingerprint density at radius 3 is 2.79 bits per heavy atom. The second-order valence-electron chi connectivity index (χ2n) is 5.75. The van der Waals surface area contributed by atoms with E-state index in [2.05, 4.69) is 10.4 Å². The SMILES string of the molecule is Cl.NCC1CCCC1NC(=O)c1ccn(-c2ccc(Cl)c(Cl)c2)n1. The summed E-state index contributed by atoms with van der Waals surface area (Å²) in [6.45, 7) is 0.600. The Bertz CT molecular complexity index is 719. The first kappa shape index (κ1) is 19.1. The van der Waals surface area contributed by atoms with Crippen molar-refractivity contribution in [3.8, 4) is 5.69 Å². The van der Waals surface area contributed by atoms with Crippen LogP contribution in [0.2, 0.25) is 10.0 Å². The second kappa shape index (κ2) is 8.21. The quantitative estimate of drug-likeness (QED) is 0.841. The lowest BCUT2D eigenvalue weighted by Gasteiger charge is -2.18. The van der Waals surface area contributed by atoms with Crippen LogP contribution in [0.3, 0.4) is 0 Å². The van der Waals surface area contributed by atoms with Crippen LogP contribution in [0.15, 0.2) is 30.5 Å². The van der Waals surface area contributed by atoms with Gasteiger partial charge in [-0.05, 0) is 49.6 Å². The summed E-state index contributed by atoms with van der Waals surface area (Å²) in [6, 6.07) is 7.03. The standard InChI is InChI=1S/C16H18Cl2N4O.ClH/c17-12-5-4-11(8-13(12)18)22-7-6-15(21-22)16(23)20-14-3-1-2-10(14)9-19;/h4-8,10,14H,1-3,9,19H2,(H,20,23);1H. The average Bonchev–Trinajstić information content (AvgIpc) is 3.18. The predicted octanol–water partition coefficient (Wildman–Crippen LogP) is 3.46. The molecule has 3 rings (SSSR count). The highest BCUT2D eigenvalue weighted by molar-refractivity contribution is 6.42. The maximum atomic E-state index is 12.4. The molecule has 2 aromatic rings. The molecule has 0 bridgehead atoms. The Hall–Kier alpha value is -1.27. The maximum Gasteiger partial charge on any atom is 0.272 e. The van der Waals surface area contributed by atoms with Crippen LogP contribution in [0.25, 0.3) is 5.69 Å². The van der Waals surface area contributed by atoms with Gasteiger partial charge in [-0.15, -0.1) is 12.4 Å². The van der Waals surface area contributed by atoms with Crippen LogP contribution in [0, 0.1) is 5.92 Å². The zero-order valence-electron chi connectivity index (χ0n) is 12.9. The summed E-state index contributed by atoms with van der Waals surface area (Å²) >= 11 is 11.9. The molecule has 2 atom stereocenters. The topological polar surface area (TPSA) is 72.9 Å². The largest absolute Gasteiger partial charge is 0.348 e. The van der Waals surface area contributed by atoms with Crippen LogP contribution in [-0.2, 0) is 0 Å². The van der Waals surface area contributed by atoms with Gasteiger partial charge < -0.3 is 11.1 Å². The van der Waals surface area contributed by atoms with Crippen LogP contribution >= 0.6 is 35.6 Å². The first-order valence-corrected chi connectivity index (χ1v) is 8.36. The van der Waals surface area contributed by atoms with Crippen molar-refractivity contribution in [2.75, 3.05) is 6.54 Å². The first-order valence-electron chi connectivity index (χ1n) is 7.60. The molecule has 1 fully saturated rings. The van der Waals surface area contributed by atoms with E-state index in [0.717, 1.165) is 24.9 Å². The molecule has 1 aliphatic rings. The molecule has 8 heteroatoms. The van der Waals surface area contributed by atoms with E-state index in [1.165, 1.54) is 0 Å². The molecule has 2 unspecified atom stereocenters. The van der Waals surface area contributed by atoms with E-state index in [-0.39, 0.29) is 24.4 Å². The molecule has 0 saturated heterocycles. The summed E-state index contributed by atoms with van der Waals surface area (Å²) < 4.78 is 1.60. The molecular weight excluding hydrogens is 371 g/mol. The third-order valence-corrected chi connectivity index (χ3v) is 5.01. The number of nitrogens with two attached hydrogens (primary N) is 1. The zero-order chi connectivity index (χ0) is 16.4. The van der Waals surface area contributed by atoms with Gasteiger partial charge >= 0.3 is 0 Å². The minimum Gasteiger partial charge on any atom is -0.348 e. The summed E-state index contributed by atoms with van der Waals surface area (Å²) in [5.41, 5.74) is 6.87. The summed E-state index contributed by atoms with van der Waals surface area (Å²) in [5.74, 6) is 0.185. The summed E-state index contributed by atoms with van der Waals surface area (Å²) in [6.07, 6.45) is 4.87. The number of nitrogens with zero attached hydrogens (tertiary/aromatic N) is 2. The molecule has 0 aliphatic heterocycles. The molecule has 1 amide bonds. The summed E-state index contributed by atoms with van der Waals surface area (Å²) in [5, 5.41) is 8.28. The second-order valence-corrected chi connectivity index (χ2v) is 6.57. The van der Waals surface area contributed by atoms with Gasteiger partial charge in [0.2, 0.25) is 0 Å². The fourth-order valence-corrected chi connectivity index (χ4v) is 3.26. The van der Waals surface area contributed by atoms with Crippen LogP contribution in [0.4, 0.5) is 0 Å². The van der Waals surface area contributed by atoms with Gasteiger partial charge in [-0.3, -0.25) is 4.79 Å². The van der Waals surface area contributed by atoms with Crippen molar-refractivity contribution < 1.29 is 4.79 Å². The summed E-state index contributed by atoms with van der Waals surface area (Å²) in [4.78, 5) is 12.4. The van der Waals surface area contributed by atoms with Crippen LogP contribution in [0.5, 0.6) is 0 Å². The third-order valence-electron chi connectivity index (χ3n) is 4.27. The maximum absolute atomic E-state index is 12.4. The van der Waals surface area contributed by atoms with E-state index in [9.17, 15) is 4.79 Å². The molecule has 3 N–H and O–H groups in total. The van der Waals surface area contributed by atoms with Gasteiger partial charge in [-0.1, -0.05) is 29.6 Å². The number of halogens is 3. The number of nitrogens with one attached hydrogen (secondary N) is 1. The Balaban J connectivity index is 0.00000208. The van der Waals surface area contributed by atoms with E-state index in [1.807, 2.05) is 0 Å². The highest BCUT2D eigenvalue weighted by atomic mass is 35.5. The van der Waals surface area contributed by atoms with Gasteiger partial charge in [-0.2, -0.15) is 5.10 Å². The molecule has 1 aromatic heterocycles. The lowest BCUT2D eigenvalue weighted by molar-refractivity contribution is 0.0923. The smallest absolute Gasteiger partial charge is 0.272 e. The van der Waals surface area contributed by atoms with E-state index in [1.54, 1.807) is 35.1 Å². The molecule has 0 radical (unpaired) electrons. The van der Waals surface area contributed by atoms with Gasteiger partial charge in [0.1, 0.15) is 0 Å². The Morgan fingerprint density at radius 1 is 1.29 bits per heavy atom. The van der Waals surface area contributed by atoms with Gasteiger partial charge in [0.25, 0.3) is 5.91 Å². The molecule has 24 heavy (non-hydrogen) atoms. The fourth-order valence-electron chi connectivity index (χ4n) is 2.97. The molecule has 130 valence electrons. The highest BCUT2D eigenvalue weighted by Crippen LogP contribution is 2.25. The van der Waals surface area contributed by atoms with Crippen molar-refractivity contribution in [2.24, 2.45) is 11.7 Å². The lowest BCUT2D eigenvalue weighted by Crippen LogP contribution is -2.40. The van der Waals surface area contributed by atoms with Crippen molar-refractivity contribution in [1.82, 2.24) is 15.1 Å². The number of carbonyl (C=O) groups is 1. The third kappa shape index (κ3) is 4.03. The van der Waals surface area contributed by atoms with E-state index in [0.29, 0.717) is 28.2 Å². The van der Waals surface area contributed by atoms with Crippen molar-refractivity contribution >= 4 is 41.5 Å². The Kier molecular flexibility index (Phi) is 6.52. The number of benzene rings is 1. The van der Waals surface area contributed by atoms with Crippen molar-refractivity contribution in [2.45, 2.75) is 25.3 Å². The van der Waals surface area contributed by atoms with Gasteiger partial charge in [0.15, 0.2) is 5.69 Å². The van der Waals surface area contributed by atoms with Gasteiger partial charge in [0.05, 0.1) is 15.7 Å². The van der Waals surface area contributed by atoms with Crippen molar-refractivity contribution in [3.63, 3.8) is 0 Å². The first-order chi connectivity index (χ1) is 11.1. The van der Waals surface area contributed by atoms with E-state index < -0.39 is 0 Å². The van der Waals surface area contributed by atoms with E-state index in [4.69, 9.17) is 28.9 Å². The molecule has 1 aromatic carbocycles. The molecule has 1 heterocycles. The predicted molar refractivity (Wildman–Crippen MR) is 98.5 cm³/mol. The molecule has 0 spiro atoms. The Morgan fingerprint density at radius 2 is 2.08 bits per heavy atom. The average molecular weight is 390 g/mol. The number of amides is 1. The minimum atomic E-state index is -0.172. The van der Waals surface area contributed by atoms with Gasteiger partial charge in [0, 0.05) is 12.2 Å². The molecule has 1 aliphatic carbocycles. The highest BCUT2D eigenvalue weighted by Gasteiger charge is 2.28. The fraction of sp³-hybridized carbons (Fsp3) is 0.375. The zero-order valence-corrected chi connectivity index (χ0v) is 15.2. The van der Waals surface area contributed by atoms with Crippen molar-refractivity contribution in [1.29, 1.82) is 0 Å². The van der Waals surface area contributed by atoms with E-state index >= 15 is 0 Å². The number of hydrogen-bond acceptors (Lipinski definition) is 3. The van der Waals surface area contributed by atoms with Crippen molar-refractivity contribution in [3.05, 3.63) is 46.2 Å². The monoisotopic (exact) mass is 388 g/mol. The number of carbonyl (C=O) groups excluding carboxylic acids is 1. The summed E-state index contributed by atoms with van der Waals surface area (Å²) in [7, 11) is 0. The molecule has 5 nitrogen and oxygen atoms in total. The van der Waals surface area contributed by atoms with Crippen LogP contribution in [0.1, 0.15) is 29.8 Å². The minimum absolute atomic E-state index is 0. The Labute approximate surface area is 156 Å². The molecular formula is C16H19Cl3N4O. The normalized spacial score (nSPS) is 19.8.